The maximum Gasteiger partial charge on any atom is 0.272 e. The number of aryl methyl sites for hydroxylation is 2. The van der Waals surface area contributed by atoms with Crippen molar-refractivity contribution in [3.63, 3.8) is 0 Å². The van der Waals surface area contributed by atoms with Gasteiger partial charge in [-0.2, -0.15) is 0 Å². The lowest BCUT2D eigenvalue weighted by Gasteiger charge is -2.19. The topological polar surface area (TPSA) is 66.8 Å². The number of carbonyl (C=O) groups excluding carboxylic acids is 2. The number of ether oxygens (including phenoxy) is 1. The number of aliphatic hydroxyl groups excluding tert-OH is 1. The minimum Gasteiger partial charge on any atom is -0.492 e. The zero-order valence-electron chi connectivity index (χ0n) is 16.2. The van der Waals surface area contributed by atoms with Crippen molar-refractivity contribution in [1.29, 1.82) is 0 Å². The summed E-state index contributed by atoms with van der Waals surface area (Å²) in [5, 5.41) is 9.24. The van der Waals surface area contributed by atoms with Gasteiger partial charge in [-0.15, -0.1) is 11.8 Å². The number of aliphatic hydroxyl groups is 1. The third-order valence-electron chi connectivity index (χ3n) is 4.58. The molecular formula is C22H23NO4S. The summed E-state index contributed by atoms with van der Waals surface area (Å²) in [5.41, 5.74) is 3.67. The normalized spacial score (nSPS) is 14.2. The zero-order chi connectivity index (χ0) is 20.3. The average Bonchev–Trinajstić information content (AvgIpc) is 2.93. The summed E-state index contributed by atoms with van der Waals surface area (Å²) >= 11 is 1.20. The van der Waals surface area contributed by atoms with Gasteiger partial charge in [-0.1, -0.05) is 30.3 Å². The Bertz CT molecular complexity index is 951. The lowest BCUT2D eigenvalue weighted by Crippen LogP contribution is -2.31. The smallest absolute Gasteiger partial charge is 0.272 e. The van der Waals surface area contributed by atoms with Crippen molar-refractivity contribution in [2.45, 2.75) is 20.8 Å². The molecule has 0 atom stereocenters. The van der Waals surface area contributed by atoms with Gasteiger partial charge in [0.05, 0.1) is 29.4 Å². The first-order chi connectivity index (χ1) is 13.5. The van der Waals surface area contributed by atoms with E-state index in [2.05, 4.69) is 0 Å². The van der Waals surface area contributed by atoms with Crippen LogP contribution in [0.4, 0.5) is 5.69 Å². The molecule has 1 aliphatic heterocycles. The van der Waals surface area contributed by atoms with Gasteiger partial charge in [0.1, 0.15) is 5.75 Å². The highest BCUT2D eigenvalue weighted by Crippen LogP contribution is 2.41. The van der Waals surface area contributed by atoms with Gasteiger partial charge in [-0.3, -0.25) is 9.59 Å². The first-order valence-corrected chi connectivity index (χ1v) is 10.1. The van der Waals surface area contributed by atoms with Crippen LogP contribution in [0.5, 0.6) is 5.75 Å². The summed E-state index contributed by atoms with van der Waals surface area (Å²) in [6.07, 6.45) is 0. The van der Waals surface area contributed by atoms with E-state index in [1.165, 1.54) is 16.7 Å². The maximum atomic E-state index is 13.4. The van der Waals surface area contributed by atoms with E-state index in [0.29, 0.717) is 39.8 Å². The summed E-state index contributed by atoms with van der Waals surface area (Å²) in [5.74, 6) is 0.0631. The van der Waals surface area contributed by atoms with Crippen LogP contribution in [-0.2, 0) is 9.59 Å². The fourth-order valence-corrected chi connectivity index (χ4v) is 3.94. The number of anilines is 1. The van der Waals surface area contributed by atoms with Gasteiger partial charge in [-0.25, -0.2) is 4.90 Å². The lowest BCUT2D eigenvalue weighted by atomic mass is 10.0. The van der Waals surface area contributed by atoms with Crippen LogP contribution >= 0.6 is 11.8 Å². The molecule has 2 aromatic rings. The molecule has 1 N–H and O–H groups in total. The Hall–Kier alpha value is -2.57. The van der Waals surface area contributed by atoms with Crippen LogP contribution in [0, 0.1) is 13.8 Å². The molecule has 1 heterocycles. The molecule has 146 valence electrons. The predicted octanol–water partition coefficient (Wildman–Crippen LogP) is 3.71. The molecule has 2 aromatic carbocycles. The number of hydrogen-bond donors (Lipinski definition) is 1. The second-order valence-corrected chi connectivity index (χ2v) is 7.53. The second kappa shape index (κ2) is 8.63. The van der Waals surface area contributed by atoms with E-state index in [9.17, 15) is 14.7 Å². The molecule has 0 aliphatic carbocycles. The minimum absolute atomic E-state index is 0.0780. The highest BCUT2D eigenvalue weighted by atomic mass is 32.2. The fourth-order valence-electron chi connectivity index (χ4n) is 3.08. The Balaban J connectivity index is 2.11. The quantitative estimate of drug-likeness (QED) is 0.722. The van der Waals surface area contributed by atoms with Crippen LogP contribution in [0.3, 0.4) is 0 Å². The van der Waals surface area contributed by atoms with Crippen molar-refractivity contribution >= 4 is 34.8 Å². The molecule has 3 rings (SSSR count). The zero-order valence-corrected chi connectivity index (χ0v) is 17.0. The molecule has 0 unspecified atom stereocenters. The molecule has 6 heteroatoms. The molecule has 0 fully saturated rings. The predicted molar refractivity (Wildman–Crippen MR) is 112 cm³/mol. The maximum absolute atomic E-state index is 13.4. The molecule has 0 saturated heterocycles. The van der Waals surface area contributed by atoms with Crippen LogP contribution in [0.2, 0.25) is 0 Å². The summed E-state index contributed by atoms with van der Waals surface area (Å²) in [6.45, 7) is 6.18. The van der Waals surface area contributed by atoms with E-state index in [4.69, 9.17) is 4.74 Å². The highest BCUT2D eigenvalue weighted by Gasteiger charge is 2.41. The molecule has 0 bridgehead atoms. The van der Waals surface area contributed by atoms with Crippen molar-refractivity contribution in [3.05, 3.63) is 64.1 Å². The standard InChI is InChI=1S/C22H23NO4S/c1-4-27-18-8-6-5-7-17(18)23-21(25)19(20(22(23)26)28-12-11-24)16-10-9-14(2)15(3)13-16/h5-10,13,24H,4,11-12H2,1-3H3. The van der Waals surface area contributed by atoms with Gasteiger partial charge in [0.25, 0.3) is 11.8 Å². The van der Waals surface area contributed by atoms with Gasteiger partial charge in [0, 0.05) is 5.75 Å². The summed E-state index contributed by atoms with van der Waals surface area (Å²) < 4.78 is 5.63. The van der Waals surface area contributed by atoms with Gasteiger partial charge in [-0.05, 0) is 49.6 Å². The number of imide groups is 1. The van der Waals surface area contributed by atoms with Gasteiger partial charge < -0.3 is 9.84 Å². The Labute approximate surface area is 169 Å². The third kappa shape index (κ3) is 3.70. The number of carbonyl (C=O) groups is 2. The van der Waals surface area contributed by atoms with Crippen molar-refractivity contribution in [2.24, 2.45) is 0 Å². The number of hydrogen-bond acceptors (Lipinski definition) is 5. The average molecular weight is 397 g/mol. The molecular weight excluding hydrogens is 374 g/mol. The van der Waals surface area contributed by atoms with E-state index in [0.717, 1.165) is 11.1 Å². The van der Waals surface area contributed by atoms with E-state index in [-0.39, 0.29) is 18.4 Å². The van der Waals surface area contributed by atoms with E-state index in [1.54, 1.807) is 24.3 Å². The SMILES string of the molecule is CCOc1ccccc1N1C(=O)C(SCCO)=C(c2ccc(C)c(C)c2)C1=O. The van der Waals surface area contributed by atoms with Crippen molar-refractivity contribution in [1.82, 2.24) is 0 Å². The third-order valence-corrected chi connectivity index (χ3v) is 5.63. The van der Waals surface area contributed by atoms with Gasteiger partial charge >= 0.3 is 0 Å². The Kier molecular flexibility index (Phi) is 6.21. The number of thioether (sulfide) groups is 1. The minimum atomic E-state index is -0.385. The molecule has 1 aliphatic rings. The number of nitrogens with zero attached hydrogens (tertiary/aromatic N) is 1. The molecule has 2 amide bonds. The van der Waals surface area contributed by atoms with Gasteiger partial charge in [0.2, 0.25) is 0 Å². The lowest BCUT2D eigenvalue weighted by molar-refractivity contribution is -0.119. The monoisotopic (exact) mass is 397 g/mol. The van der Waals surface area contributed by atoms with Crippen LogP contribution in [0.25, 0.3) is 5.57 Å². The fraction of sp³-hybridized carbons (Fsp3) is 0.273. The largest absolute Gasteiger partial charge is 0.492 e. The Morgan fingerprint density at radius 1 is 1.04 bits per heavy atom. The number of para-hydroxylation sites is 2. The molecule has 0 aromatic heterocycles. The number of rotatable bonds is 7. The molecule has 28 heavy (non-hydrogen) atoms. The van der Waals surface area contributed by atoms with Gasteiger partial charge in [0.15, 0.2) is 0 Å². The molecule has 0 radical (unpaired) electrons. The Morgan fingerprint density at radius 3 is 2.46 bits per heavy atom. The van der Waals surface area contributed by atoms with Crippen molar-refractivity contribution in [2.75, 3.05) is 23.9 Å². The van der Waals surface area contributed by atoms with Crippen molar-refractivity contribution in [3.8, 4) is 5.75 Å². The van der Waals surface area contributed by atoms with E-state index < -0.39 is 0 Å². The number of amides is 2. The highest BCUT2D eigenvalue weighted by molar-refractivity contribution is 8.04. The first kappa shape index (κ1) is 20.2. The second-order valence-electron chi connectivity index (χ2n) is 6.42. The van der Waals surface area contributed by atoms with Crippen LogP contribution < -0.4 is 9.64 Å². The van der Waals surface area contributed by atoms with Crippen LogP contribution in [0.15, 0.2) is 47.4 Å². The summed E-state index contributed by atoms with van der Waals surface area (Å²) in [7, 11) is 0. The summed E-state index contributed by atoms with van der Waals surface area (Å²) in [6, 6.07) is 12.8. The number of benzene rings is 2. The first-order valence-electron chi connectivity index (χ1n) is 9.15. The summed E-state index contributed by atoms with van der Waals surface area (Å²) in [4.78, 5) is 28.1. The molecule has 5 nitrogen and oxygen atoms in total. The van der Waals surface area contributed by atoms with Crippen LogP contribution in [-0.4, -0.2) is 35.9 Å². The molecule has 0 saturated carbocycles. The Morgan fingerprint density at radius 2 is 1.79 bits per heavy atom. The molecule has 0 spiro atoms. The van der Waals surface area contributed by atoms with E-state index >= 15 is 0 Å². The van der Waals surface area contributed by atoms with E-state index in [1.807, 2.05) is 39.0 Å². The van der Waals surface area contributed by atoms with Crippen molar-refractivity contribution < 1.29 is 19.4 Å². The van der Waals surface area contributed by atoms with Crippen LogP contribution in [0.1, 0.15) is 23.6 Å².